The van der Waals surface area contributed by atoms with Crippen LogP contribution >= 0.6 is 0 Å². The minimum atomic E-state index is 0.403. The largest absolute Gasteiger partial charge is 0.479 e. The van der Waals surface area contributed by atoms with Gasteiger partial charge in [-0.25, -0.2) is 0 Å². The molecule has 0 amide bonds. The molecule has 0 radical (unpaired) electrons. The average Bonchev–Trinajstić information content (AvgIpc) is 3.19. The number of aromatic nitrogens is 3. The van der Waals surface area contributed by atoms with Gasteiger partial charge in [0.1, 0.15) is 5.82 Å². The standard InChI is InChI=1S/C15H22N4O.C9H12N4O/c1-10-7-19(8-11(2)18-10)14-4-3-12(9-20)15(17)13(14)5-6-16;1-10-7-4-6-5-13(2)12-8(6)9(11-7)14-3/h3-6,9-11,18H,7-8,16-17H2,1-2H3;4-5,10H,1-3H3/b6-5-;. The first kappa shape index (κ1) is 24.8. The molecule has 1 fully saturated rings. The van der Waals surface area contributed by atoms with Crippen molar-refractivity contribution in [2.45, 2.75) is 25.9 Å². The molecular formula is C24H34N8O2. The van der Waals surface area contributed by atoms with Crippen LogP contribution in [-0.2, 0) is 7.05 Å². The van der Waals surface area contributed by atoms with Crippen molar-refractivity contribution in [3.8, 4) is 5.88 Å². The number of methoxy groups -OCH3 is 1. The highest BCUT2D eigenvalue weighted by molar-refractivity contribution is 5.91. The van der Waals surface area contributed by atoms with Crippen molar-refractivity contribution >= 4 is 40.5 Å². The summed E-state index contributed by atoms with van der Waals surface area (Å²) in [5.74, 6) is 1.33. The average molecular weight is 467 g/mol. The Kier molecular flexibility index (Phi) is 7.95. The first-order valence-corrected chi connectivity index (χ1v) is 11.1. The van der Waals surface area contributed by atoms with Crippen molar-refractivity contribution in [3.05, 3.63) is 41.7 Å². The van der Waals surface area contributed by atoms with Crippen LogP contribution in [0.15, 0.2) is 30.6 Å². The van der Waals surface area contributed by atoms with Gasteiger partial charge in [-0.15, -0.1) is 0 Å². The fourth-order valence-electron chi connectivity index (χ4n) is 4.21. The molecule has 2 atom stereocenters. The summed E-state index contributed by atoms with van der Waals surface area (Å²) in [5.41, 5.74) is 15.2. The van der Waals surface area contributed by atoms with Gasteiger partial charge >= 0.3 is 0 Å². The van der Waals surface area contributed by atoms with Crippen LogP contribution in [0.2, 0.25) is 0 Å². The molecule has 182 valence electrons. The molecule has 3 aromatic rings. The maximum Gasteiger partial charge on any atom is 0.244 e. The van der Waals surface area contributed by atoms with E-state index in [1.54, 1.807) is 23.9 Å². The van der Waals surface area contributed by atoms with Crippen molar-refractivity contribution < 1.29 is 9.53 Å². The first-order valence-electron chi connectivity index (χ1n) is 11.1. The third-order valence-electron chi connectivity index (χ3n) is 5.61. The number of benzene rings is 1. The van der Waals surface area contributed by atoms with E-state index in [1.165, 1.54) is 6.20 Å². The van der Waals surface area contributed by atoms with Gasteiger partial charge in [0, 0.05) is 67.7 Å². The maximum atomic E-state index is 11.0. The second kappa shape index (κ2) is 10.9. The van der Waals surface area contributed by atoms with Gasteiger partial charge in [0.05, 0.1) is 12.8 Å². The predicted octanol–water partition coefficient (Wildman–Crippen LogP) is 2.22. The number of anilines is 3. The topological polar surface area (TPSA) is 136 Å². The summed E-state index contributed by atoms with van der Waals surface area (Å²) in [4.78, 5) is 17.5. The third kappa shape index (κ3) is 5.40. The molecule has 34 heavy (non-hydrogen) atoms. The zero-order valence-electron chi connectivity index (χ0n) is 20.4. The Morgan fingerprint density at radius 1 is 1.26 bits per heavy atom. The van der Waals surface area contributed by atoms with Crippen LogP contribution in [0.1, 0.15) is 29.8 Å². The number of nitrogen functional groups attached to an aromatic ring is 1. The Labute approximate surface area is 200 Å². The number of carbonyl (C=O) groups is 1. The lowest BCUT2D eigenvalue weighted by Gasteiger charge is -2.38. The SMILES string of the molecule is CC1CN(c2ccc(C=O)c(N)c2/C=C\N)CC(C)N1.CNc1cc2cn(C)nc2c(OC)n1. The molecule has 0 bridgehead atoms. The molecule has 1 aliphatic heterocycles. The highest BCUT2D eigenvalue weighted by Crippen LogP contribution is 2.31. The molecular weight excluding hydrogens is 432 g/mol. The summed E-state index contributed by atoms with van der Waals surface area (Å²) in [6, 6.07) is 6.45. The van der Waals surface area contributed by atoms with E-state index in [4.69, 9.17) is 16.2 Å². The number of nitrogens with one attached hydrogen (secondary N) is 2. The third-order valence-corrected chi connectivity index (χ3v) is 5.61. The van der Waals surface area contributed by atoms with Crippen LogP contribution in [0.3, 0.4) is 0 Å². The molecule has 2 unspecified atom stereocenters. The Bertz CT molecular complexity index is 1160. The van der Waals surface area contributed by atoms with Crippen molar-refractivity contribution in [1.29, 1.82) is 0 Å². The number of hydrogen-bond acceptors (Lipinski definition) is 9. The van der Waals surface area contributed by atoms with Gasteiger partial charge in [-0.1, -0.05) is 0 Å². The van der Waals surface area contributed by atoms with Gasteiger partial charge in [-0.2, -0.15) is 10.1 Å². The number of hydrogen-bond donors (Lipinski definition) is 4. The second-order valence-electron chi connectivity index (χ2n) is 8.36. The summed E-state index contributed by atoms with van der Waals surface area (Å²) in [7, 11) is 5.29. The maximum absolute atomic E-state index is 11.0. The molecule has 3 heterocycles. The van der Waals surface area contributed by atoms with E-state index >= 15 is 0 Å². The lowest BCUT2D eigenvalue weighted by molar-refractivity contribution is 0.112. The highest BCUT2D eigenvalue weighted by Gasteiger charge is 2.23. The van der Waals surface area contributed by atoms with Gasteiger partial charge in [-0.3, -0.25) is 9.48 Å². The van der Waals surface area contributed by atoms with Gasteiger partial charge in [-0.05, 0) is 44.3 Å². The summed E-state index contributed by atoms with van der Waals surface area (Å²) >= 11 is 0. The van der Waals surface area contributed by atoms with E-state index in [1.807, 2.05) is 32.4 Å². The number of nitrogens with zero attached hydrogens (tertiary/aromatic N) is 4. The second-order valence-corrected chi connectivity index (χ2v) is 8.36. The highest BCUT2D eigenvalue weighted by atomic mass is 16.5. The Morgan fingerprint density at radius 2 is 1.97 bits per heavy atom. The quantitative estimate of drug-likeness (QED) is 0.329. The minimum Gasteiger partial charge on any atom is -0.479 e. The molecule has 1 aromatic carbocycles. The monoisotopic (exact) mass is 466 g/mol. The molecule has 1 saturated heterocycles. The van der Waals surface area contributed by atoms with Crippen LogP contribution in [0.25, 0.3) is 17.0 Å². The smallest absolute Gasteiger partial charge is 0.244 e. The van der Waals surface area contributed by atoms with Crippen molar-refractivity contribution in [1.82, 2.24) is 20.1 Å². The van der Waals surface area contributed by atoms with Crippen molar-refractivity contribution in [2.75, 3.05) is 43.2 Å². The fourth-order valence-corrected chi connectivity index (χ4v) is 4.21. The number of ether oxygens (including phenoxy) is 1. The summed E-state index contributed by atoms with van der Waals surface area (Å²) in [5, 5.41) is 11.7. The van der Waals surface area contributed by atoms with E-state index < -0.39 is 0 Å². The molecule has 0 saturated carbocycles. The van der Waals surface area contributed by atoms with Crippen molar-refractivity contribution in [2.24, 2.45) is 12.8 Å². The molecule has 4 rings (SSSR count). The molecule has 0 spiro atoms. The predicted molar refractivity (Wildman–Crippen MR) is 138 cm³/mol. The molecule has 0 aliphatic carbocycles. The number of carbonyl (C=O) groups excluding carboxylic acids is 1. The molecule has 2 aromatic heterocycles. The van der Waals surface area contributed by atoms with Crippen LogP contribution in [0.5, 0.6) is 5.88 Å². The lowest BCUT2D eigenvalue weighted by Crippen LogP contribution is -2.54. The van der Waals surface area contributed by atoms with E-state index in [-0.39, 0.29) is 0 Å². The van der Waals surface area contributed by atoms with E-state index in [0.717, 1.165) is 47.3 Å². The van der Waals surface area contributed by atoms with E-state index in [2.05, 4.69) is 39.5 Å². The van der Waals surface area contributed by atoms with Crippen LogP contribution in [0.4, 0.5) is 17.2 Å². The number of rotatable bonds is 5. The number of aldehydes is 1. The zero-order chi connectivity index (χ0) is 24.8. The number of nitrogens with two attached hydrogens (primary N) is 2. The lowest BCUT2D eigenvalue weighted by atomic mass is 10.0. The normalized spacial score (nSPS) is 18.0. The van der Waals surface area contributed by atoms with Crippen LogP contribution in [-0.4, -0.2) is 60.4 Å². The zero-order valence-corrected chi connectivity index (χ0v) is 20.4. The summed E-state index contributed by atoms with van der Waals surface area (Å²) in [6.45, 7) is 6.11. The Hall–Kier alpha value is -3.79. The van der Waals surface area contributed by atoms with Gasteiger partial charge in [0.2, 0.25) is 5.88 Å². The van der Waals surface area contributed by atoms with Gasteiger partial charge in [0.25, 0.3) is 0 Å². The first-order chi connectivity index (χ1) is 16.3. The molecule has 10 heteroatoms. The molecule has 1 aliphatic rings. The van der Waals surface area contributed by atoms with E-state index in [0.29, 0.717) is 29.2 Å². The number of aryl methyl sites for hydroxylation is 1. The summed E-state index contributed by atoms with van der Waals surface area (Å²) in [6.07, 6.45) is 5.92. The number of pyridine rings is 1. The van der Waals surface area contributed by atoms with Gasteiger partial charge in [0.15, 0.2) is 11.8 Å². The van der Waals surface area contributed by atoms with Gasteiger partial charge < -0.3 is 31.7 Å². The van der Waals surface area contributed by atoms with Crippen LogP contribution in [0, 0.1) is 0 Å². The minimum absolute atomic E-state index is 0.403. The molecule has 6 N–H and O–H groups in total. The van der Waals surface area contributed by atoms with Crippen molar-refractivity contribution in [3.63, 3.8) is 0 Å². The number of piperazine rings is 1. The van der Waals surface area contributed by atoms with Crippen LogP contribution < -0.4 is 31.7 Å². The van der Waals surface area contributed by atoms with E-state index in [9.17, 15) is 4.79 Å². The Morgan fingerprint density at radius 3 is 2.56 bits per heavy atom. The molecule has 10 nitrogen and oxygen atoms in total. The Balaban J connectivity index is 0.000000202. The summed E-state index contributed by atoms with van der Waals surface area (Å²) < 4.78 is 6.90. The number of fused-ring (bicyclic) bond motifs is 1. The fraction of sp³-hybridized carbons (Fsp3) is 0.375.